The van der Waals surface area contributed by atoms with Crippen LogP contribution in [0.1, 0.15) is 24.0 Å². The standard InChI is InChI=1S/C20H18F3NO2/c21-20(22,23)25-15-7-5-14(6-8-15)17-13-19(9-11-24-12-10-19)26-18-4-2-1-3-16(17)18/h1-8,13,24H,9-12H2. The number of halogens is 3. The summed E-state index contributed by atoms with van der Waals surface area (Å²) in [5.74, 6) is 0.585. The van der Waals surface area contributed by atoms with Crippen LogP contribution >= 0.6 is 0 Å². The van der Waals surface area contributed by atoms with Crippen molar-refractivity contribution in [3.63, 3.8) is 0 Å². The van der Waals surface area contributed by atoms with Gasteiger partial charge >= 0.3 is 6.36 Å². The fourth-order valence-electron chi connectivity index (χ4n) is 3.54. The minimum absolute atomic E-state index is 0.223. The van der Waals surface area contributed by atoms with E-state index >= 15 is 0 Å². The van der Waals surface area contributed by atoms with Gasteiger partial charge in [0.15, 0.2) is 0 Å². The summed E-state index contributed by atoms with van der Waals surface area (Å²) >= 11 is 0. The highest BCUT2D eigenvalue weighted by atomic mass is 19.4. The Balaban J connectivity index is 1.72. The van der Waals surface area contributed by atoms with Crippen molar-refractivity contribution in [1.29, 1.82) is 0 Å². The first kappa shape index (κ1) is 17.0. The van der Waals surface area contributed by atoms with Crippen LogP contribution in [0.2, 0.25) is 0 Å². The summed E-state index contributed by atoms with van der Waals surface area (Å²) < 4.78 is 47.4. The second kappa shape index (κ2) is 6.36. The fraction of sp³-hybridized carbons (Fsp3) is 0.300. The van der Waals surface area contributed by atoms with Gasteiger partial charge in [-0.1, -0.05) is 30.3 Å². The van der Waals surface area contributed by atoms with Crippen molar-refractivity contribution in [3.05, 3.63) is 65.7 Å². The molecule has 0 radical (unpaired) electrons. The monoisotopic (exact) mass is 361 g/mol. The molecule has 1 saturated heterocycles. The van der Waals surface area contributed by atoms with Crippen LogP contribution in [0.5, 0.6) is 11.5 Å². The zero-order chi connectivity index (χ0) is 18.2. The van der Waals surface area contributed by atoms with E-state index in [0.29, 0.717) is 0 Å². The summed E-state index contributed by atoms with van der Waals surface area (Å²) in [5, 5.41) is 3.33. The van der Waals surface area contributed by atoms with Gasteiger partial charge in [-0.05, 0) is 48.5 Å². The number of rotatable bonds is 2. The van der Waals surface area contributed by atoms with Gasteiger partial charge in [0.2, 0.25) is 0 Å². The van der Waals surface area contributed by atoms with E-state index in [-0.39, 0.29) is 11.4 Å². The summed E-state index contributed by atoms with van der Waals surface area (Å²) in [6.07, 6.45) is -0.874. The van der Waals surface area contributed by atoms with E-state index in [9.17, 15) is 13.2 Å². The average Bonchev–Trinajstić information content (AvgIpc) is 2.61. The number of hydrogen-bond acceptors (Lipinski definition) is 3. The first-order valence-electron chi connectivity index (χ1n) is 8.52. The molecule has 0 saturated carbocycles. The predicted molar refractivity (Wildman–Crippen MR) is 92.1 cm³/mol. The highest BCUT2D eigenvalue weighted by Crippen LogP contribution is 2.42. The van der Waals surface area contributed by atoms with Crippen LogP contribution in [0, 0.1) is 0 Å². The highest BCUT2D eigenvalue weighted by molar-refractivity contribution is 5.85. The van der Waals surface area contributed by atoms with E-state index < -0.39 is 6.36 Å². The van der Waals surface area contributed by atoms with Gasteiger partial charge < -0.3 is 14.8 Å². The fourth-order valence-corrected chi connectivity index (χ4v) is 3.54. The molecule has 2 aliphatic rings. The first-order chi connectivity index (χ1) is 12.4. The Hall–Kier alpha value is -2.47. The molecule has 1 N–H and O–H groups in total. The van der Waals surface area contributed by atoms with E-state index in [0.717, 1.165) is 48.4 Å². The van der Waals surface area contributed by atoms with Gasteiger partial charge in [0.05, 0.1) is 0 Å². The van der Waals surface area contributed by atoms with Gasteiger partial charge in [0.25, 0.3) is 0 Å². The number of alkyl halides is 3. The van der Waals surface area contributed by atoms with E-state index in [2.05, 4.69) is 16.1 Å². The van der Waals surface area contributed by atoms with Crippen molar-refractivity contribution in [2.24, 2.45) is 0 Å². The number of hydrogen-bond donors (Lipinski definition) is 1. The Labute approximate surface area is 149 Å². The van der Waals surface area contributed by atoms with Crippen molar-refractivity contribution in [3.8, 4) is 11.5 Å². The molecular weight excluding hydrogens is 343 g/mol. The van der Waals surface area contributed by atoms with Crippen LogP contribution in [-0.2, 0) is 0 Å². The van der Waals surface area contributed by atoms with Gasteiger partial charge in [-0.2, -0.15) is 0 Å². The van der Waals surface area contributed by atoms with Crippen LogP contribution < -0.4 is 14.8 Å². The maximum atomic E-state index is 12.4. The molecule has 1 fully saturated rings. The number of ether oxygens (including phenoxy) is 2. The van der Waals surface area contributed by atoms with E-state index in [1.165, 1.54) is 12.1 Å². The Morgan fingerprint density at radius 1 is 0.962 bits per heavy atom. The number of nitrogens with one attached hydrogen (secondary N) is 1. The summed E-state index contributed by atoms with van der Waals surface area (Å²) in [7, 11) is 0. The summed E-state index contributed by atoms with van der Waals surface area (Å²) in [4.78, 5) is 0. The van der Waals surface area contributed by atoms with Crippen LogP contribution in [0.4, 0.5) is 13.2 Å². The third-order valence-corrected chi connectivity index (χ3v) is 4.75. The zero-order valence-corrected chi connectivity index (χ0v) is 14.0. The molecule has 0 aromatic heterocycles. The largest absolute Gasteiger partial charge is 0.573 e. The molecule has 0 atom stereocenters. The molecule has 6 heteroatoms. The van der Waals surface area contributed by atoms with Crippen LogP contribution in [0.15, 0.2) is 54.6 Å². The molecule has 2 heterocycles. The molecular formula is C20H18F3NO2. The molecule has 2 aromatic rings. The third kappa shape index (κ3) is 3.42. The van der Waals surface area contributed by atoms with Gasteiger partial charge in [-0.25, -0.2) is 0 Å². The minimum Gasteiger partial charge on any atom is -0.482 e. The Morgan fingerprint density at radius 2 is 1.65 bits per heavy atom. The lowest BCUT2D eigenvalue weighted by Gasteiger charge is -2.40. The van der Waals surface area contributed by atoms with Gasteiger partial charge in [-0.3, -0.25) is 0 Å². The van der Waals surface area contributed by atoms with Crippen molar-refractivity contribution in [2.75, 3.05) is 13.1 Å². The lowest BCUT2D eigenvalue weighted by atomic mass is 9.83. The molecule has 2 aliphatic heterocycles. The van der Waals surface area contributed by atoms with Crippen molar-refractivity contribution in [2.45, 2.75) is 24.8 Å². The zero-order valence-electron chi connectivity index (χ0n) is 14.0. The predicted octanol–water partition coefficient (Wildman–Crippen LogP) is 4.53. The summed E-state index contributed by atoms with van der Waals surface area (Å²) in [6, 6.07) is 13.8. The Bertz CT molecular complexity index is 822. The molecule has 26 heavy (non-hydrogen) atoms. The van der Waals surface area contributed by atoms with Crippen LogP contribution in [0.3, 0.4) is 0 Å². The minimum atomic E-state index is -4.69. The second-order valence-electron chi connectivity index (χ2n) is 6.54. The Kier molecular flexibility index (Phi) is 4.15. The van der Waals surface area contributed by atoms with Gasteiger partial charge in [-0.15, -0.1) is 13.2 Å². The average molecular weight is 361 g/mol. The topological polar surface area (TPSA) is 30.5 Å². The molecule has 136 valence electrons. The molecule has 0 unspecified atom stereocenters. The normalized spacial score (nSPS) is 18.7. The second-order valence-corrected chi connectivity index (χ2v) is 6.54. The molecule has 4 rings (SSSR count). The van der Waals surface area contributed by atoms with Gasteiger partial charge in [0, 0.05) is 18.4 Å². The Morgan fingerprint density at radius 3 is 2.35 bits per heavy atom. The first-order valence-corrected chi connectivity index (χ1v) is 8.52. The van der Waals surface area contributed by atoms with Crippen LogP contribution in [-0.4, -0.2) is 25.1 Å². The molecule has 1 spiro atoms. The van der Waals surface area contributed by atoms with Crippen molar-refractivity contribution < 1.29 is 22.6 Å². The van der Waals surface area contributed by atoms with E-state index in [1.807, 2.05) is 24.3 Å². The van der Waals surface area contributed by atoms with Crippen LogP contribution in [0.25, 0.3) is 5.57 Å². The number of para-hydroxylation sites is 1. The molecule has 0 amide bonds. The van der Waals surface area contributed by atoms with E-state index in [1.54, 1.807) is 12.1 Å². The molecule has 2 aromatic carbocycles. The lowest BCUT2D eigenvalue weighted by molar-refractivity contribution is -0.274. The number of fused-ring (bicyclic) bond motifs is 1. The maximum Gasteiger partial charge on any atom is 0.573 e. The SMILES string of the molecule is FC(F)(F)Oc1ccc(C2=CC3(CCNCC3)Oc3ccccc32)cc1. The summed E-state index contributed by atoms with van der Waals surface area (Å²) in [5.41, 5.74) is 2.39. The van der Waals surface area contributed by atoms with Crippen molar-refractivity contribution in [1.82, 2.24) is 5.32 Å². The lowest BCUT2D eigenvalue weighted by Crippen LogP contribution is -2.46. The third-order valence-electron chi connectivity index (χ3n) is 4.75. The highest BCUT2D eigenvalue weighted by Gasteiger charge is 2.37. The molecule has 0 bridgehead atoms. The summed E-state index contributed by atoms with van der Waals surface area (Å²) in [6.45, 7) is 1.73. The van der Waals surface area contributed by atoms with Crippen molar-refractivity contribution >= 4 is 5.57 Å². The molecule has 3 nitrogen and oxygen atoms in total. The maximum absolute atomic E-state index is 12.4. The quantitative estimate of drug-likeness (QED) is 0.852. The number of piperidine rings is 1. The van der Waals surface area contributed by atoms with E-state index in [4.69, 9.17) is 4.74 Å². The molecule has 0 aliphatic carbocycles. The van der Waals surface area contributed by atoms with Gasteiger partial charge in [0.1, 0.15) is 17.1 Å². The smallest absolute Gasteiger partial charge is 0.482 e. The number of benzene rings is 2.